The van der Waals surface area contributed by atoms with Crippen molar-refractivity contribution < 1.29 is 9.22 Å². The summed E-state index contributed by atoms with van der Waals surface area (Å²) in [5, 5.41) is 0. The highest BCUT2D eigenvalue weighted by molar-refractivity contribution is 6.06. The van der Waals surface area contributed by atoms with Crippen LogP contribution in [0.25, 0.3) is 0 Å². The van der Waals surface area contributed by atoms with Crippen molar-refractivity contribution >= 4 is 16.5 Å². The Kier molecular flexibility index (Phi) is 5.71. The van der Waals surface area contributed by atoms with E-state index in [9.17, 15) is 4.79 Å². The summed E-state index contributed by atoms with van der Waals surface area (Å²) < 4.78 is 5.41. The molecule has 2 aliphatic rings. The molecule has 0 aliphatic heterocycles. The van der Waals surface area contributed by atoms with Crippen molar-refractivity contribution in [1.82, 2.24) is 0 Å². The molecule has 0 spiro atoms. The van der Waals surface area contributed by atoms with Crippen molar-refractivity contribution in [2.24, 2.45) is 23.2 Å². The molecule has 0 aromatic heterocycles. The molecule has 0 aromatic rings. The van der Waals surface area contributed by atoms with Gasteiger partial charge in [-0.1, -0.05) is 51.9 Å². The molecule has 2 nitrogen and oxygen atoms in total. The van der Waals surface area contributed by atoms with Crippen LogP contribution < -0.4 is 0 Å². The van der Waals surface area contributed by atoms with E-state index < -0.39 is 0 Å². The summed E-state index contributed by atoms with van der Waals surface area (Å²) in [5.74, 6) is 2.02. The van der Waals surface area contributed by atoms with Gasteiger partial charge in [0.25, 0.3) is 5.97 Å². The highest BCUT2D eigenvalue weighted by atomic mass is 28.2. The van der Waals surface area contributed by atoms with Gasteiger partial charge in [-0.2, -0.15) is 0 Å². The molecule has 0 heterocycles. The Morgan fingerprint density at radius 3 is 2.25 bits per heavy atom. The van der Waals surface area contributed by atoms with Crippen LogP contribution in [-0.2, 0) is 9.22 Å². The molecule has 2 atom stereocenters. The van der Waals surface area contributed by atoms with Crippen molar-refractivity contribution in [3.05, 3.63) is 0 Å². The molecule has 3 heteroatoms. The zero-order valence-corrected chi connectivity index (χ0v) is 15.6. The summed E-state index contributed by atoms with van der Waals surface area (Å²) >= 11 is 0. The van der Waals surface area contributed by atoms with Crippen molar-refractivity contribution in [1.29, 1.82) is 0 Å². The number of carbonyl (C=O) groups excluding carboxylic acids is 1. The molecule has 0 saturated heterocycles. The first-order valence-corrected chi connectivity index (χ1v) is 9.54. The molecular weight excluding hydrogens is 264 g/mol. The fourth-order valence-corrected chi connectivity index (χ4v) is 5.50. The van der Waals surface area contributed by atoms with E-state index in [-0.39, 0.29) is 11.4 Å². The Labute approximate surface area is 127 Å². The van der Waals surface area contributed by atoms with Crippen LogP contribution in [0.15, 0.2) is 0 Å². The Bertz CT molecular complexity index is 319. The molecule has 0 N–H and O–H groups in total. The second-order valence-electron chi connectivity index (χ2n) is 7.20. The minimum atomic E-state index is -0.205. The van der Waals surface area contributed by atoms with Gasteiger partial charge >= 0.3 is 0 Å². The highest BCUT2D eigenvalue weighted by Gasteiger charge is 2.50. The fraction of sp³-hybridized carbons (Fsp3) is 0.941. The molecule has 2 rings (SSSR count). The molecule has 0 bridgehead atoms. The first-order chi connectivity index (χ1) is 9.64. The van der Waals surface area contributed by atoms with Gasteiger partial charge in [-0.3, -0.25) is 4.79 Å². The van der Waals surface area contributed by atoms with Crippen LogP contribution in [0.4, 0.5) is 0 Å². The molecule has 0 radical (unpaired) electrons. The summed E-state index contributed by atoms with van der Waals surface area (Å²) in [4.78, 5) is 12.7. The summed E-state index contributed by atoms with van der Waals surface area (Å²) in [7, 11) is 0.540. The van der Waals surface area contributed by atoms with Crippen molar-refractivity contribution in [3.63, 3.8) is 0 Å². The Morgan fingerprint density at radius 2 is 1.75 bits per heavy atom. The van der Waals surface area contributed by atoms with E-state index in [0.717, 1.165) is 5.92 Å². The lowest BCUT2D eigenvalue weighted by molar-refractivity contribution is -0.154. The minimum Gasteiger partial charge on any atom is -0.528 e. The van der Waals surface area contributed by atoms with Crippen LogP contribution in [0, 0.1) is 23.2 Å². The molecule has 2 aliphatic carbocycles. The maximum absolute atomic E-state index is 12.7. The molecular formula is C17H32O2Si. The fourth-order valence-electron chi connectivity index (χ4n) is 5.06. The molecule has 0 amide bonds. The summed E-state index contributed by atoms with van der Waals surface area (Å²) in [5.41, 5.74) is -0.205. The van der Waals surface area contributed by atoms with Gasteiger partial charge in [-0.15, -0.1) is 0 Å². The number of carbonyl (C=O) groups is 1. The van der Waals surface area contributed by atoms with Gasteiger partial charge in [-0.25, -0.2) is 0 Å². The van der Waals surface area contributed by atoms with Crippen LogP contribution in [0.1, 0.15) is 78.1 Å². The molecule has 116 valence electrons. The summed E-state index contributed by atoms with van der Waals surface area (Å²) in [6.45, 7) is 4.52. The first-order valence-electron chi connectivity index (χ1n) is 8.73. The van der Waals surface area contributed by atoms with Gasteiger partial charge in [-0.05, 0) is 43.9 Å². The third-order valence-corrected chi connectivity index (χ3v) is 6.54. The molecule has 0 aromatic carbocycles. The third-order valence-electron chi connectivity index (χ3n) is 6.17. The highest BCUT2D eigenvalue weighted by Crippen LogP contribution is 2.52. The van der Waals surface area contributed by atoms with Crippen LogP contribution in [-0.4, -0.2) is 16.5 Å². The number of hydrogen-bond donors (Lipinski definition) is 0. The Hall–Kier alpha value is -0.313. The first kappa shape index (κ1) is 16.1. The average Bonchev–Trinajstić information content (AvgIpc) is 3.15. The second kappa shape index (κ2) is 7.10. The summed E-state index contributed by atoms with van der Waals surface area (Å²) in [6, 6.07) is 0. The van der Waals surface area contributed by atoms with Gasteiger partial charge in [0.2, 0.25) is 10.5 Å². The van der Waals surface area contributed by atoms with E-state index in [1.165, 1.54) is 64.2 Å². The zero-order valence-electron chi connectivity index (χ0n) is 13.6. The molecule has 2 fully saturated rings. The van der Waals surface area contributed by atoms with Gasteiger partial charge in [0.1, 0.15) is 0 Å². The van der Waals surface area contributed by atoms with Crippen LogP contribution in [0.5, 0.6) is 0 Å². The SMILES string of the molecule is CCCC(C1CCCC1)C(C)(C(=O)O[SiH3])C1CCCC1. The van der Waals surface area contributed by atoms with Gasteiger partial charge in [0.15, 0.2) is 0 Å². The smallest absolute Gasteiger partial charge is 0.298 e. The molecule has 2 saturated carbocycles. The van der Waals surface area contributed by atoms with Crippen LogP contribution >= 0.6 is 0 Å². The summed E-state index contributed by atoms with van der Waals surface area (Å²) in [6.07, 6.45) is 12.9. The largest absolute Gasteiger partial charge is 0.528 e. The second-order valence-corrected chi connectivity index (χ2v) is 7.60. The lowest BCUT2D eigenvalue weighted by atomic mass is 9.61. The topological polar surface area (TPSA) is 26.3 Å². The van der Waals surface area contributed by atoms with Gasteiger partial charge in [0.05, 0.1) is 5.41 Å². The predicted octanol–water partition coefficient (Wildman–Crippen LogP) is 3.61. The van der Waals surface area contributed by atoms with E-state index in [4.69, 9.17) is 4.43 Å². The quantitative estimate of drug-likeness (QED) is 0.700. The number of hydrogen-bond acceptors (Lipinski definition) is 2. The third kappa shape index (κ3) is 2.98. The standard InChI is InChI=1S/C17H32O2Si/c1-3-8-15(13-9-4-5-10-13)17(2,16(18)19-20)14-11-6-7-12-14/h13-15H,3-12H2,1-2,20H3. The van der Waals surface area contributed by atoms with E-state index >= 15 is 0 Å². The minimum absolute atomic E-state index is 0.126. The molecule has 20 heavy (non-hydrogen) atoms. The van der Waals surface area contributed by atoms with E-state index in [0.29, 0.717) is 22.3 Å². The number of rotatable bonds is 6. The average molecular weight is 297 g/mol. The zero-order chi connectivity index (χ0) is 14.6. The van der Waals surface area contributed by atoms with E-state index in [1.54, 1.807) is 0 Å². The van der Waals surface area contributed by atoms with Gasteiger partial charge < -0.3 is 4.43 Å². The van der Waals surface area contributed by atoms with Crippen molar-refractivity contribution in [2.45, 2.75) is 78.1 Å². The lowest BCUT2D eigenvalue weighted by Gasteiger charge is -2.43. The van der Waals surface area contributed by atoms with Gasteiger partial charge in [0, 0.05) is 0 Å². The predicted molar refractivity (Wildman–Crippen MR) is 86.5 cm³/mol. The van der Waals surface area contributed by atoms with Crippen LogP contribution in [0.3, 0.4) is 0 Å². The van der Waals surface area contributed by atoms with E-state index in [1.807, 2.05) is 0 Å². The molecule has 2 unspecified atom stereocenters. The van der Waals surface area contributed by atoms with Crippen molar-refractivity contribution in [2.75, 3.05) is 0 Å². The van der Waals surface area contributed by atoms with E-state index in [2.05, 4.69) is 13.8 Å². The lowest BCUT2D eigenvalue weighted by Crippen LogP contribution is -2.45. The maximum Gasteiger partial charge on any atom is 0.298 e. The monoisotopic (exact) mass is 296 g/mol. The Balaban J connectivity index is 2.27. The maximum atomic E-state index is 12.7. The Morgan fingerprint density at radius 1 is 1.20 bits per heavy atom. The normalized spacial score (nSPS) is 25.7. The van der Waals surface area contributed by atoms with Crippen molar-refractivity contribution in [3.8, 4) is 0 Å². The van der Waals surface area contributed by atoms with Crippen LogP contribution in [0.2, 0.25) is 0 Å².